The van der Waals surface area contributed by atoms with Gasteiger partial charge in [0.25, 0.3) is 0 Å². The number of rotatable bonds is 2. The fourth-order valence-corrected chi connectivity index (χ4v) is 3.72. The summed E-state index contributed by atoms with van der Waals surface area (Å²) in [5, 5.41) is 3.24. The molecule has 1 unspecified atom stereocenters. The molecular formula is C11H15BrN2O2S. The second-order valence-electron chi connectivity index (χ2n) is 4.12. The molecule has 1 aliphatic heterocycles. The lowest BCUT2D eigenvalue weighted by Gasteiger charge is -2.34. The van der Waals surface area contributed by atoms with Crippen LogP contribution in [0.2, 0.25) is 0 Å². The molecule has 0 saturated carbocycles. The fraction of sp³-hybridized carbons (Fsp3) is 0.455. The Balaban J connectivity index is 2.38. The molecule has 0 radical (unpaired) electrons. The van der Waals surface area contributed by atoms with Crippen molar-refractivity contribution < 1.29 is 8.42 Å². The summed E-state index contributed by atoms with van der Waals surface area (Å²) in [4.78, 5) is 0. The van der Waals surface area contributed by atoms with Crippen molar-refractivity contribution in [2.75, 3.05) is 25.9 Å². The molecule has 1 aromatic rings. The normalized spacial score (nSPS) is 22.6. The van der Waals surface area contributed by atoms with Crippen molar-refractivity contribution in [2.24, 2.45) is 0 Å². The van der Waals surface area contributed by atoms with E-state index in [4.69, 9.17) is 0 Å². The molecule has 0 aliphatic carbocycles. The van der Waals surface area contributed by atoms with Crippen molar-refractivity contribution in [3.63, 3.8) is 0 Å². The molecule has 1 heterocycles. The zero-order chi connectivity index (χ0) is 12.5. The summed E-state index contributed by atoms with van der Waals surface area (Å²) in [6, 6.07) is 7.61. The zero-order valence-electron chi connectivity index (χ0n) is 9.56. The van der Waals surface area contributed by atoms with Crippen LogP contribution in [-0.4, -0.2) is 38.6 Å². The zero-order valence-corrected chi connectivity index (χ0v) is 12.0. The Morgan fingerprint density at radius 1 is 1.41 bits per heavy atom. The van der Waals surface area contributed by atoms with Crippen molar-refractivity contribution in [3.05, 3.63) is 34.3 Å². The van der Waals surface area contributed by atoms with Gasteiger partial charge in [0.05, 0.1) is 12.3 Å². The maximum Gasteiger partial charge on any atom is 0.211 e. The van der Waals surface area contributed by atoms with Crippen molar-refractivity contribution in [3.8, 4) is 0 Å². The molecule has 1 fully saturated rings. The highest BCUT2D eigenvalue weighted by atomic mass is 79.9. The van der Waals surface area contributed by atoms with E-state index >= 15 is 0 Å². The van der Waals surface area contributed by atoms with E-state index < -0.39 is 10.0 Å². The lowest BCUT2D eigenvalue weighted by molar-refractivity contribution is 0.272. The summed E-state index contributed by atoms with van der Waals surface area (Å²) >= 11 is 3.48. The predicted octanol–water partition coefficient (Wildman–Crippen LogP) is 1.35. The molecule has 1 N–H and O–H groups in total. The van der Waals surface area contributed by atoms with E-state index in [1.807, 2.05) is 24.3 Å². The average molecular weight is 319 g/mol. The molecule has 0 spiro atoms. The van der Waals surface area contributed by atoms with Crippen LogP contribution >= 0.6 is 15.9 Å². The molecule has 94 valence electrons. The van der Waals surface area contributed by atoms with E-state index in [-0.39, 0.29) is 6.04 Å². The van der Waals surface area contributed by atoms with Crippen molar-refractivity contribution in [1.29, 1.82) is 0 Å². The van der Waals surface area contributed by atoms with Gasteiger partial charge in [-0.25, -0.2) is 8.42 Å². The highest BCUT2D eigenvalue weighted by Crippen LogP contribution is 2.30. The minimum absolute atomic E-state index is 0.130. The summed E-state index contributed by atoms with van der Waals surface area (Å²) in [5.41, 5.74) is 1.00. The van der Waals surface area contributed by atoms with Crippen LogP contribution in [0.4, 0.5) is 0 Å². The summed E-state index contributed by atoms with van der Waals surface area (Å²) in [5.74, 6) is 0. The van der Waals surface area contributed by atoms with Gasteiger partial charge in [-0.15, -0.1) is 0 Å². The van der Waals surface area contributed by atoms with Crippen molar-refractivity contribution in [2.45, 2.75) is 6.04 Å². The number of benzene rings is 1. The highest BCUT2D eigenvalue weighted by Gasteiger charge is 2.31. The Kier molecular flexibility index (Phi) is 3.87. The van der Waals surface area contributed by atoms with Crippen LogP contribution < -0.4 is 5.32 Å². The van der Waals surface area contributed by atoms with Crippen LogP contribution in [0.15, 0.2) is 28.7 Å². The second-order valence-corrected chi connectivity index (χ2v) is 6.90. The SMILES string of the molecule is CS(=O)(=O)N1CCNCC1c1ccccc1Br. The van der Waals surface area contributed by atoms with Gasteiger partial charge in [-0.1, -0.05) is 34.1 Å². The first kappa shape index (κ1) is 13.0. The van der Waals surface area contributed by atoms with Gasteiger partial charge in [-0.3, -0.25) is 0 Å². The van der Waals surface area contributed by atoms with E-state index in [1.165, 1.54) is 6.26 Å². The van der Waals surface area contributed by atoms with Gasteiger partial charge in [-0.2, -0.15) is 4.31 Å². The smallest absolute Gasteiger partial charge is 0.211 e. The second kappa shape index (κ2) is 5.06. The van der Waals surface area contributed by atoms with Crippen LogP contribution in [0.5, 0.6) is 0 Å². The Labute approximate surface area is 110 Å². The van der Waals surface area contributed by atoms with E-state index in [0.29, 0.717) is 19.6 Å². The molecule has 6 heteroatoms. The average Bonchev–Trinajstić information content (AvgIpc) is 2.28. The minimum Gasteiger partial charge on any atom is -0.313 e. The Morgan fingerprint density at radius 3 is 2.76 bits per heavy atom. The van der Waals surface area contributed by atoms with E-state index in [0.717, 1.165) is 10.0 Å². The summed E-state index contributed by atoms with van der Waals surface area (Å²) < 4.78 is 26.0. The van der Waals surface area contributed by atoms with Crippen LogP contribution in [0.25, 0.3) is 0 Å². The molecule has 0 aromatic heterocycles. The number of hydrogen-bond acceptors (Lipinski definition) is 3. The van der Waals surface area contributed by atoms with Gasteiger partial charge >= 0.3 is 0 Å². The first-order valence-electron chi connectivity index (χ1n) is 5.42. The summed E-state index contributed by atoms with van der Waals surface area (Å²) in [6.07, 6.45) is 1.27. The van der Waals surface area contributed by atoms with Crippen molar-refractivity contribution >= 4 is 26.0 Å². The summed E-state index contributed by atoms with van der Waals surface area (Å²) in [6.45, 7) is 1.87. The maximum atomic E-state index is 11.8. The van der Waals surface area contributed by atoms with Gasteiger partial charge in [0.1, 0.15) is 0 Å². The number of halogens is 1. The van der Waals surface area contributed by atoms with E-state index in [2.05, 4.69) is 21.2 Å². The van der Waals surface area contributed by atoms with Crippen LogP contribution in [-0.2, 0) is 10.0 Å². The molecule has 2 rings (SSSR count). The van der Waals surface area contributed by atoms with Gasteiger partial charge in [0.15, 0.2) is 0 Å². The molecule has 1 saturated heterocycles. The first-order chi connectivity index (χ1) is 8.00. The highest BCUT2D eigenvalue weighted by molar-refractivity contribution is 9.10. The quantitative estimate of drug-likeness (QED) is 0.895. The standard InChI is InChI=1S/C11H15BrN2O2S/c1-17(15,16)14-7-6-13-8-11(14)9-4-2-3-5-10(9)12/h2-5,11,13H,6-8H2,1H3. The molecule has 1 aromatic carbocycles. The van der Waals surface area contributed by atoms with Crippen molar-refractivity contribution in [1.82, 2.24) is 9.62 Å². The van der Waals surface area contributed by atoms with Gasteiger partial charge in [0.2, 0.25) is 10.0 Å². The molecular weight excluding hydrogens is 304 g/mol. The van der Waals surface area contributed by atoms with Crippen LogP contribution in [0, 0.1) is 0 Å². The third kappa shape index (κ3) is 2.88. The molecule has 17 heavy (non-hydrogen) atoms. The molecule has 1 atom stereocenters. The fourth-order valence-electron chi connectivity index (χ4n) is 2.09. The van der Waals surface area contributed by atoms with Gasteiger partial charge in [0, 0.05) is 24.1 Å². The number of sulfonamides is 1. The summed E-state index contributed by atoms with van der Waals surface area (Å²) in [7, 11) is -3.17. The molecule has 0 amide bonds. The van der Waals surface area contributed by atoms with E-state index in [9.17, 15) is 8.42 Å². The first-order valence-corrected chi connectivity index (χ1v) is 8.06. The topological polar surface area (TPSA) is 49.4 Å². The largest absolute Gasteiger partial charge is 0.313 e. The van der Waals surface area contributed by atoms with Gasteiger partial charge < -0.3 is 5.32 Å². The Morgan fingerprint density at radius 2 is 2.12 bits per heavy atom. The maximum absolute atomic E-state index is 11.8. The Bertz CT molecular complexity index is 504. The number of nitrogens with one attached hydrogen (secondary N) is 1. The Hall–Kier alpha value is -0.430. The predicted molar refractivity (Wildman–Crippen MR) is 71.3 cm³/mol. The lowest BCUT2D eigenvalue weighted by Crippen LogP contribution is -2.48. The number of nitrogens with zero attached hydrogens (tertiary/aromatic N) is 1. The third-order valence-electron chi connectivity index (χ3n) is 2.88. The number of piperazine rings is 1. The molecule has 1 aliphatic rings. The monoisotopic (exact) mass is 318 g/mol. The third-order valence-corrected chi connectivity index (χ3v) is 4.90. The molecule has 4 nitrogen and oxygen atoms in total. The van der Waals surface area contributed by atoms with Crippen LogP contribution in [0.3, 0.4) is 0 Å². The lowest BCUT2D eigenvalue weighted by atomic mass is 10.1. The molecule has 0 bridgehead atoms. The van der Waals surface area contributed by atoms with E-state index in [1.54, 1.807) is 4.31 Å². The number of hydrogen-bond donors (Lipinski definition) is 1. The van der Waals surface area contributed by atoms with Gasteiger partial charge in [-0.05, 0) is 11.6 Å². The minimum atomic E-state index is -3.17. The van der Waals surface area contributed by atoms with Crippen LogP contribution in [0.1, 0.15) is 11.6 Å².